The van der Waals surface area contributed by atoms with Crippen LogP contribution in [0.25, 0.3) is 0 Å². The Balaban J connectivity index is 3.40. The molecule has 0 fully saturated rings. The molecule has 0 saturated carbocycles. The van der Waals surface area contributed by atoms with Gasteiger partial charge in [-0.1, -0.05) is 45.4 Å². The first-order valence-corrected chi connectivity index (χ1v) is 13.3. The van der Waals surface area contributed by atoms with Crippen molar-refractivity contribution in [1.29, 1.82) is 0 Å². The van der Waals surface area contributed by atoms with E-state index in [9.17, 15) is 24.3 Å². The lowest BCUT2D eigenvalue weighted by atomic mass is 9.98. The number of carbonyl (C=O) groups excluding carboxylic acids is 4. The SMILES string of the molecule is CCCCN(C(=O)C(CC(C)C)NC(=O)OC(C)(C)C)C(C(=O)NCCC(=O)OCC)c1ccccc1O. The highest BCUT2D eigenvalue weighted by Crippen LogP contribution is 2.30. The van der Waals surface area contributed by atoms with Crippen molar-refractivity contribution in [2.45, 2.75) is 91.8 Å². The molecule has 0 aromatic heterocycles. The number of phenols is 1. The van der Waals surface area contributed by atoms with Crippen molar-refractivity contribution in [3.63, 3.8) is 0 Å². The molecular formula is C28H45N3O7. The highest BCUT2D eigenvalue weighted by molar-refractivity contribution is 5.92. The first kappa shape index (κ1) is 32.7. The Morgan fingerprint density at radius 1 is 1.08 bits per heavy atom. The Hall–Kier alpha value is -3.30. The molecule has 1 aromatic carbocycles. The summed E-state index contributed by atoms with van der Waals surface area (Å²) in [5.41, 5.74) is -0.514. The van der Waals surface area contributed by atoms with Crippen molar-refractivity contribution >= 4 is 23.9 Å². The Kier molecular flexibility index (Phi) is 13.6. The van der Waals surface area contributed by atoms with E-state index in [-0.39, 0.29) is 43.3 Å². The molecule has 0 radical (unpaired) electrons. The molecule has 10 heteroatoms. The number of esters is 1. The molecule has 38 heavy (non-hydrogen) atoms. The number of benzene rings is 1. The number of phenolic OH excluding ortho intramolecular Hbond substituents is 1. The third-order valence-corrected chi connectivity index (χ3v) is 5.46. The van der Waals surface area contributed by atoms with E-state index in [0.717, 1.165) is 6.42 Å². The van der Waals surface area contributed by atoms with Gasteiger partial charge in [-0.2, -0.15) is 0 Å². The maximum absolute atomic E-state index is 14.0. The number of amides is 3. The molecule has 0 aliphatic heterocycles. The second kappa shape index (κ2) is 15.8. The number of aromatic hydroxyl groups is 1. The third-order valence-electron chi connectivity index (χ3n) is 5.46. The van der Waals surface area contributed by atoms with Crippen LogP contribution in [0.5, 0.6) is 5.75 Å². The number of para-hydroxylation sites is 1. The van der Waals surface area contributed by atoms with Gasteiger partial charge in [-0.3, -0.25) is 14.4 Å². The van der Waals surface area contributed by atoms with Crippen molar-refractivity contribution in [1.82, 2.24) is 15.5 Å². The predicted molar refractivity (Wildman–Crippen MR) is 144 cm³/mol. The molecule has 1 rings (SSSR count). The zero-order valence-corrected chi connectivity index (χ0v) is 23.8. The van der Waals surface area contributed by atoms with Gasteiger partial charge in [0.25, 0.3) is 0 Å². The lowest BCUT2D eigenvalue weighted by Gasteiger charge is -2.35. The van der Waals surface area contributed by atoms with Gasteiger partial charge in [0.15, 0.2) is 0 Å². The van der Waals surface area contributed by atoms with Crippen LogP contribution in [0.1, 0.15) is 85.8 Å². The van der Waals surface area contributed by atoms with E-state index in [1.54, 1.807) is 45.9 Å². The summed E-state index contributed by atoms with van der Waals surface area (Å²) in [7, 11) is 0. The first-order valence-electron chi connectivity index (χ1n) is 13.3. The van der Waals surface area contributed by atoms with Crippen LogP contribution in [0.3, 0.4) is 0 Å². The molecule has 3 N–H and O–H groups in total. The normalized spacial score (nSPS) is 12.8. The van der Waals surface area contributed by atoms with Gasteiger partial charge in [-0.25, -0.2) is 4.79 Å². The van der Waals surface area contributed by atoms with Gasteiger partial charge >= 0.3 is 12.1 Å². The molecule has 3 amide bonds. The smallest absolute Gasteiger partial charge is 0.408 e. The standard InChI is InChI=1S/C28H45N3O7/c1-8-10-17-31(26(35)21(18-19(3)4)30-27(36)38-28(5,6)7)24(20-13-11-12-14-22(20)32)25(34)29-16-15-23(33)37-9-2/h11-14,19,21,24,32H,8-10,15-18H2,1-7H3,(H,29,34)(H,30,36). The minimum absolute atomic E-state index is 0.00313. The van der Waals surface area contributed by atoms with Crippen molar-refractivity contribution < 1.29 is 33.8 Å². The van der Waals surface area contributed by atoms with Crippen LogP contribution in [0, 0.1) is 5.92 Å². The number of nitrogens with zero attached hydrogens (tertiary/aromatic N) is 1. The van der Waals surface area contributed by atoms with E-state index in [2.05, 4.69) is 10.6 Å². The number of hydrogen-bond acceptors (Lipinski definition) is 7. The topological polar surface area (TPSA) is 134 Å². The average molecular weight is 536 g/mol. The minimum Gasteiger partial charge on any atom is -0.508 e. The van der Waals surface area contributed by atoms with Crippen LogP contribution in [0.2, 0.25) is 0 Å². The van der Waals surface area contributed by atoms with Crippen LogP contribution in [0.15, 0.2) is 24.3 Å². The summed E-state index contributed by atoms with van der Waals surface area (Å²) < 4.78 is 10.3. The summed E-state index contributed by atoms with van der Waals surface area (Å²) in [4.78, 5) is 53.3. The van der Waals surface area contributed by atoms with E-state index in [0.29, 0.717) is 12.8 Å². The largest absolute Gasteiger partial charge is 0.508 e. The van der Waals surface area contributed by atoms with E-state index in [4.69, 9.17) is 9.47 Å². The van der Waals surface area contributed by atoms with Gasteiger partial charge in [-0.15, -0.1) is 0 Å². The molecule has 0 aliphatic rings. The molecule has 0 bridgehead atoms. The lowest BCUT2D eigenvalue weighted by Crippen LogP contribution is -2.53. The van der Waals surface area contributed by atoms with Gasteiger partial charge in [0.2, 0.25) is 11.8 Å². The van der Waals surface area contributed by atoms with Crippen LogP contribution in [-0.4, -0.2) is 65.2 Å². The lowest BCUT2D eigenvalue weighted by molar-refractivity contribution is -0.144. The van der Waals surface area contributed by atoms with Crippen molar-refractivity contribution in [2.75, 3.05) is 19.7 Å². The van der Waals surface area contributed by atoms with Crippen molar-refractivity contribution in [3.05, 3.63) is 29.8 Å². The average Bonchev–Trinajstić information content (AvgIpc) is 2.80. The first-order chi connectivity index (χ1) is 17.8. The number of alkyl carbamates (subject to hydrolysis) is 1. The Morgan fingerprint density at radius 3 is 2.29 bits per heavy atom. The van der Waals surface area contributed by atoms with Crippen molar-refractivity contribution in [2.24, 2.45) is 5.92 Å². The predicted octanol–water partition coefficient (Wildman–Crippen LogP) is 4.07. The summed E-state index contributed by atoms with van der Waals surface area (Å²) in [6.07, 6.45) is 0.887. The van der Waals surface area contributed by atoms with Crippen LogP contribution >= 0.6 is 0 Å². The summed E-state index contributed by atoms with van der Waals surface area (Å²) >= 11 is 0. The zero-order chi connectivity index (χ0) is 28.9. The molecular weight excluding hydrogens is 490 g/mol. The van der Waals surface area contributed by atoms with Gasteiger partial charge < -0.3 is 30.1 Å². The third kappa shape index (κ3) is 11.4. The number of hydrogen-bond donors (Lipinski definition) is 3. The van der Waals surface area contributed by atoms with Crippen molar-refractivity contribution in [3.8, 4) is 5.75 Å². The Morgan fingerprint density at radius 2 is 1.74 bits per heavy atom. The molecule has 0 aliphatic carbocycles. The molecule has 214 valence electrons. The molecule has 0 spiro atoms. The summed E-state index contributed by atoms with van der Waals surface area (Å²) in [6.45, 7) is 13.1. The second-order valence-corrected chi connectivity index (χ2v) is 10.5. The zero-order valence-electron chi connectivity index (χ0n) is 23.8. The molecule has 2 atom stereocenters. The number of unbranched alkanes of at least 4 members (excludes halogenated alkanes) is 1. The molecule has 10 nitrogen and oxygen atoms in total. The maximum Gasteiger partial charge on any atom is 0.408 e. The second-order valence-electron chi connectivity index (χ2n) is 10.5. The van der Waals surface area contributed by atoms with E-state index in [1.165, 1.54) is 11.0 Å². The number of ether oxygens (including phenoxy) is 2. The highest BCUT2D eigenvalue weighted by Gasteiger charge is 2.37. The quantitative estimate of drug-likeness (QED) is 0.306. The fraction of sp³-hybridized carbons (Fsp3) is 0.643. The van der Waals surface area contributed by atoms with Gasteiger partial charge in [-0.05, 0) is 52.5 Å². The van der Waals surface area contributed by atoms with Crippen LogP contribution in [-0.2, 0) is 23.9 Å². The van der Waals surface area contributed by atoms with E-state index < -0.39 is 41.6 Å². The van der Waals surface area contributed by atoms with Crippen LogP contribution < -0.4 is 10.6 Å². The van der Waals surface area contributed by atoms with Gasteiger partial charge in [0.05, 0.1) is 13.0 Å². The van der Waals surface area contributed by atoms with Gasteiger partial charge in [0, 0.05) is 18.7 Å². The number of rotatable bonds is 14. The van der Waals surface area contributed by atoms with Crippen LogP contribution in [0.4, 0.5) is 4.79 Å². The summed E-state index contributed by atoms with van der Waals surface area (Å²) in [5, 5.41) is 16.0. The molecule has 0 saturated heterocycles. The Bertz CT molecular complexity index is 927. The molecule has 1 aromatic rings. The fourth-order valence-corrected chi connectivity index (χ4v) is 3.82. The van der Waals surface area contributed by atoms with E-state index in [1.807, 2.05) is 20.8 Å². The monoisotopic (exact) mass is 535 g/mol. The minimum atomic E-state index is -1.19. The maximum atomic E-state index is 14.0. The van der Waals surface area contributed by atoms with Gasteiger partial charge in [0.1, 0.15) is 23.4 Å². The number of nitrogens with one attached hydrogen (secondary N) is 2. The fourth-order valence-electron chi connectivity index (χ4n) is 3.82. The molecule has 0 heterocycles. The summed E-state index contributed by atoms with van der Waals surface area (Å²) in [5.74, 6) is -1.57. The Labute approximate surface area is 226 Å². The van der Waals surface area contributed by atoms with E-state index >= 15 is 0 Å². The number of carbonyl (C=O) groups is 4. The summed E-state index contributed by atoms with van der Waals surface area (Å²) in [6, 6.07) is 4.17. The molecule has 2 unspecified atom stereocenters. The highest BCUT2D eigenvalue weighted by atomic mass is 16.6.